The van der Waals surface area contributed by atoms with Crippen molar-refractivity contribution in [3.8, 4) is 33.8 Å². The molecule has 52 heavy (non-hydrogen) atoms. The SMILES string of the molecule is CC1(C)c2ccccc2N2c3c(ccc(-c4cccc(-c5cccc(N(c6ccccc6)c6ccccc6)c5)c4)c31)Oc1ccc3ccccc3c12. The molecular weight excluding hydrogens is 633 g/mol. The van der Waals surface area contributed by atoms with E-state index in [0.29, 0.717) is 0 Å². The van der Waals surface area contributed by atoms with Gasteiger partial charge in [-0.15, -0.1) is 0 Å². The summed E-state index contributed by atoms with van der Waals surface area (Å²) in [5.74, 6) is 1.76. The first-order valence-electron chi connectivity index (χ1n) is 17.9. The van der Waals surface area contributed by atoms with Crippen LogP contribution in [0.15, 0.2) is 182 Å². The summed E-state index contributed by atoms with van der Waals surface area (Å²) in [6, 6.07) is 65.2. The van der Waals surface area contributed by atoms with Crippen molar-refractivity contribution in [2.24, 2.45) is 0 Å². The first-order chi connectivity index (χ1) is 25.6. The first kappa shape index (κ1) is 30.3. The molecule has 0 aromatic heterocycles. The zero-order valence-corrected chi connectivity index (χ0v) is 29.1. The van der Waals surface area contributed by atoms with Crippen molar-refractivity contribution < 1.29 is 4.74 Å². The van der Waals surface area contributed by atoms with Gasteiger partial charge in [-0.05, 0) is 99.4 Å². The van der Waals surface area contributed by atoms with Crippen LogP contribution in [-0.2, 0) is 5.41 Å². The third-order valence-corrected chi connectivity index (χ3v) is 10.8. The minimum absolute atomic E-state index is 0.291. The Labute approximate surface area is 304 Å². The molecule has 0 radical (unpaired) electrons. The van der Waals surface area contributed by atoms with Gasteiger partial charge in [0.2, 0.25) is 0 Å². The standard InChI is InChI=1S/C49H36N2O/c1-49(2)42-25-11-12-26-43(42)51-47-41-24-10-9-15-33(41)27-29-44(47)52-45-30-28-40(46(49)48(45)51)36-18-13-16-34(31-36)35-17-14-23-39(32-35)50(37-19-5-3-6-20-37)38-21-7-4-8-22-38/h3-32H,1-2H3. The summed E-state index contributed by atoms with van der Waals surface area (Å²) in [7, 11) is 0. The number of nitrogens with zero attached hydrogens (tertiary/aromatic N) is 2. The van der Waals surface area contributed by atoms with Gasteiger partial charge >= 0.3 is 0 Å². The lowest BCUT2D eigenvalue weighted by molar-refractivity contribution is 0.472. The van der Waals surface area contributed by atoms with E-state index >= 15 is 0 Å². The maximum atomic E-state index is 6.79. The number of benzene rings is 8. The third kappa shape index (κ3) is 4.66. The molecule has 0 atom stereocenters. The molecule has 0 saturated carbocycles. The molecule has 8 aromatic rings. The van der Waals surface area contributed by atoms with Gasteiger partial charge < -0.3 is 14.5 Å². The monoisotopic (exact) mass is 668 g/mol. The minimum atomic E-state index is -0.291. The quantitative estimate of drug-likeness (QED) is 0.182. The summed E-state index contributed by atoms with van der Waals surface area (Å²) < 4.78 is 6.79. The van der Waals surface area contributed by atoms with Gasteiger partial charge in [0.05, 0.1) is 17.1 Å². The van der Waals surface area contributed by atoms with E-state index < -0.39 is 0 Å². The molecule has 248 valence electrons. The molecule has 10 rings (SSSR count). The summed E-state index contributed by atoms with van der Waals surface area (Å²) in [6.07, 6.45) is 0. The van der Waals surface area contributed by atoms with Gasteiger partial charge in [-0.1, -0.05) is 135 Å². The maximum absolute atomic E-state index is 6.79. The highest BCUT2D eigenvalue weighted by molar-refractivity contribution is 6.07. The van der Waals surface area contributed by atoms with Crippen molar-refractivity contribution in [3.05, 3.63) is 193 Å². The Morgan fingerprint density at radius 2 is 1.08 bits per heavy atom. The molecule has 0 aliphatic carbocycles. The molecule has 0 N–H and O–H groups in total. The first-order valence-corrected chi connectivity index (χ1v) is 17.9. The molecule has 0 amide bonds. The normalized spacial score (nSPS) is 13.5. The predicted octanol–water partition coefficient (Wildman–Crippen LogP) is 13.9. The molecule has 0 unspecified atom stereocenters. The molecule has 8 aromatic carbocycles. The number of rotatable bonds is 5. The molecule has 2 aliphatic heterocycles. The van der Waals surface area contributed by atoms with Crippen molar-refractivity contribution in [3.63, 3.8) is 0 Å². The van der Waals surface area contributed by atoms with E-state index in [9.17, 15) is 0 Å². The van der Waals surface area contributed by atoms with Gasteiger partial charge in [-0.2, -0.15) is 0 Å². The van der Waals surface area contributed by atoms with Gasteiger partial charge in [-0.3, -0.25) is 0 Å². The second-order valence-corrected chi connectivity index (χ2v) is 14.2. The number of fused-ring (bicyclic) bond motifs is 6. The number of anilines is 6. The topological polar surface area (TPSA) is 15.7 Å². The van der Waals surface area contributed by atoms with Crippen molar-refractivity contribution in [1.82, 2.24) is 0 Å². The molecule has 0 saturated heterocycles. The van der Waals surface area contributed by atoms with Crippen LogP contribution in [0, 0.1) is 0 Å². The van der Waals surface area contributed by atoms with Gasteiger partial charge in [0.1, 0.15) is 0 Å². The van der Waals surface area contributed by atoms with Crippen LogP contribution >= 0.6 is 0 Å². The Hall–Kier alpha value is -6.58. The molecular formula is C49H36N2O. The van der Waals surface area contributed by atoms with Gasteiger partial charge in [-0.25, -0.2) is 0 Å². The van der Waals surface area contributed by atoms with Crippen molar-refractivity contribution in [1.29, 1.82) is 0 Å². The van der Waals surface area contributed by atoms with E-state index in [2.05, 4.69) is 206 Å². The molecule has 2 aliphatic rings. The maximum Gasteiger partial charge on any atom is 0.152 e. The molecule has 3 nitrogen and oxygen atoms in total. The largest absolute Gasteiger partial charge is 0.453 e. The van der Waals surface area contributed by atoms with Crippen molar-refractivity contribution >= 4 is 44.9 Å². The van der Waals surface area contributed by atoms with Crippen LogP contribution in [0.1, 0.15) is 25.0 Å². The van der Waals surface area contributed by atoms with Crippen LogP contribution in [0.2, 0.25) is 0 Å². The Bertz CT molecular complexity index is 2600. The fourth-order valence-electron chi connectivity index (χ4n) is 8.39. The Balaban J connectivity index is 1.14. The Kier molecular flexibility index (Phi) is 6.84. The smallest absolute Gasteiger partial charge is 0.152 e. The van der Waals surface area contributed by atoms with E-state index in [1.54, 1.807) is 0 Å². The van der Waals surface area contributed by atoms with E-state index in [1.807, 2.05) is 0 Å². The second kappa shape index (κ2) is 11.8. The Morgan fingerprint density at radius 3 is 1.87 bits per heavy atom. The minimum Gasteiger partial charge on any atom is -0.453 e. The van der Waals surface area contributed by atoms with Crippen LogP contribution in [0.4, 0.5) is 34.1 Å². The summed E-state index contributed by atoms with van der Waals surface area (Å²) in [4.78, 5) is 4.78. The van der Waals surface area contributed by atoms with Gasteiger partial charge in [0.15, 0.2) is 11.5 Å². The summed E-state index contributed by atoms with van der Waals surface area (Å²) >= 11 is 0. The Morgan fingerprint density at radius 1 is 0.481 bits per heavy atom. The zero-order valence-electron chi connectivity index (χ0n) is 29.1. The van der Waals surface area contributed by atoms with Crippen LogP contribution < -0.4 is 14.5 Å². The second-order valence-electron chi connectivity index (χ2n) is 14.2. The average molecular weight is 669 g/mol. The van der Waals surface area contributed by atoms with Crippen LogP contribution in [0.25, 0.3) is 33.0 Å². The molecule has 0 bridgehead atoms. The lowest BCUT2D eigenvalue weighted by Crippen LogP contribution is -2.33. The predicted molar refractivity (Wildman–Crippen MR) is 216 cm³/mol. The van der Waals surface area contributed by atoms with E-state index in [-0.39, 0.29) is 5.41 Å². The average Bonchev–Trinajstić information content (AvgIpc) is 3.20. The van der Waals surface area contributed by atoms with E-state index in [4.69, 9.17) is 4.74 Å². The fraction of sp³-hybridized carbons (Fsp3) is 0.0612. The highest BCUT2D eigenvalue weighted by atomic mass is 16.5. The number of ether oxygens (including phenoxy) is 1. The third-order valence-electron chi connectivity index (χ3n) is 10.8. The van der Waals surface area contributed by atoms with E-state index in [0.717, 1.165) is 45.5 Å². The van der Waals surface area contributed by atoms with Crippen LogP contribution in [0.5, 0.6) is 11.5 Å². The van der Waals surface area contributed by atoms with Crippen LogP contribution in [0.3, 0.4) is 0 Å². The number of hydrogen-bond acceptors (Lipinski definition) is 3. The fourth-order valence-corrected chi connectivity index (χ4v) is 8.39. The molecule has 0 spiro atoms. The van der Waals surface area contributed by atoms with Gasteiger partial charge in [0, 0.05) is 27.9 Å². The number of para-hydroxylation sites is 3. The molecule has 3 heteroatoms. The number of hydrogen-bond donors (Lipinski definition) is 0. The zero-order chi connectivity index (χ0) is 34.8. The highest BCUT2D eigenvalue weighted by Crippen LogP contribution is 2.62. The summed E-state index contributed by atoms with van der Waals surface area (Å²) in [5.41, 5.74) is 13.8. The highest BCUT2D eigenvalue weighted by Gasteiger charge is 2.43. The van der Waals surface area contributed by atoms with E-state index in [1.165, 1.54) is 44.3 Å². The van der Waals surface area contributed by atoms with Crippen molar-refractivity contribution in [2.75, 3.05) is 9.80 Å². The summed E-state index contributed by atoms with van der Waals surface area (Å²) in [6.45, 7) is 4.71. The van der Waals surface area contributed by atoms with Gasteiger partial charge in [0.25, 0.3) is 0 Å². The van der Waals surface area contributed by atoms with Crippen molar-refractivity contribution in [2.45, 2.75) is 19.3 Å². The lowest BCUT2D eigenvalue weighted by atomic mass is 9.70. The molecule has 2 heterocycles. The molecule has 0 fully saturated rings. The van der Waals surface area contributed by atoms with Crippen LogP contribution in [-0.4, -0.2) is 0 Å². The lowest BCUT2D eigenvalue weighted by Gasteiger charge is -2.46. The summed E-state index contributed by atoms with van der Waals surface area (Å²) in [5, 5.41) is 2.37.